The summed E-state index contributed by atoms with van der Waals surface area (Å²) < 4.78 is 47.3. The van der Waals surface area contributed by atoms with Crippen LogP contribution in [0.4, 0.5) is 4.79 Å². The highest BCUT2D eigenvalue weighted by molar-refractivity contribution is 5.87. The van der Waals surface area contributed by atoms with Crippen LogP contribution in [-0.2, 0) is 47.5 Å². The molecular formula is C47H75NO15. The molecule has 0 saturated carbocycles. The first-order valence-corrected chi connectivity index (χ1v) is 22.0. The average molecular weight is 894 g/mol. The summed E-state index contributed by atoms with van der Waals surface area (Å²) in [6.45, 7) is 19.2. The SMILES string of the molecule is C/C=C/[C@H]1O[C@@](O)([C@@H](C)[C@H](O)[C@H](C)[C@H]2OC(=O)/C(OC)=C/C(C)=C/[C@@H](C)[C@@H](O)[C@@H](C)[C@@H](O)[C@H](C)C/C(C)=C/C=C/[C@@H]2OC)C[C@@H](O[C@@H]2C[C@H](OC(C)=O)[C@@H](OC(N)=O)[C@H](C)O2)[C@@H]1C. The maximum absolute atomic E-state index is 13.9. The van der Waals surface area contributed by atoms with Gasteiger partial charge in [-0.1, -0.05) is 89.1 Å². The Bertz CT molecular complexity index is 1680. The van der Waals surface area contributed by atoms with Gasteiger partial charge >= 0.3 is 18.0 Å². The van der Waals surface area contributed by atoms with E-state index in [2.05, 4.69) is 0 Å². The minimum absolute atomic E-state index is 0.00403. The van der Waals surface area contributed by atoms with Crippen LogP contribution in [0.2, 0.25) is 0 Å². The number of ether oxygens (including phenoxy) is 8. The second-order valence-electron chi connectivity index (χ2n) is 17.9. The van der Waals surface area contributed by atoms with Gasteiger partial charge in [-0.15, -0.1) is 0 Å². The maximum atomic E-state index is 13.9. The zero-order valence-corrected chi connectivity index (χ0v) is 39.3. The largest absolute Gasteiger partial charge is 0.490 e. The number of carbonyl (C=O) groups excluding carboxylic acids is 3. The van der Waals surface area contributed by atoms with E-state index in [0.29, 0.717) is 12.0 Å². The highest BCUT2D eigenvalue weighted by Crippen LogP contribution is 2.42. The fourth-order valence-electron chi connectivity index (χ4n) is 8.95. The Morgan fingerprint density at radius 1 is 1.02 bits per heavy atom. The summed E-state index contributed by atoms with van der Waals surface area (Å²) in [5.41, 5.74) is 6.85. The smallest absolute Gasteiger partial charge is 0.404 e. The molecule has 2 fully saturated rings. The molecule has 0 bridgehead atoms. The number of esters is 2. The van der Waals surface area contributed by atoms with Gasteiger partial charge in [0, 0.05) is 56.5 Å². The molecule has 63 heavy (non-hydrogen) atoms. The molecule has 0 spiro atoms. The van der Waals surface area contributed by atoms with E-state index in [-0.39, 0.29) is 36.4 Å². The van der Waals surface area contributed by atoms with Crippen molar-refractivity contribution in [1.82, 2.24) is 0 Å². The van der Waals surface area contributed by atoms with Crippen LogP contribution in [0.15, 0.2) is 59.4 Å². The summed E-state index contributed by atoms with van der Waals surface area (Å²) in [4.78, 5) is 37.6. The first-order chi connectivity index (χ1) is 29.5. The third-order valence-electron chi connectivity index (χ3n) is 12.8. The zero-order chi connectivity index (χ0) is 47.5. The molecule has 16 heteroatoms. The highest BCUT2D eigenvalue weighted by Gasteiger charge is 2.53. The molecule has 0 aromatic heterocycles. The van der Waals surface area contributed by atoms with Crippen LogP contribution < -0.4 is 5.73 Å². The van der Waals surface area contributed by atoms with Crippen LogP contribution in [0.3, 0.4) is 0 Å². The van der Waals surface area contributed by atoms with E-state index in [1.54, 1.807) is 58.1 Å². The van der Waals surface area contributed by atoms with Gasteiger partial charge in [0.25, 0.3) is 0 Å². The number of methoxy groups -OCH3 is 2. The third-order valence-corrected chi connectivity index (χ3v) is 12.8. The standard InChI is InChI=1S/C47H75NO15/c1-14-16-34-28(6)38(60-39-22-36(59-33(11)49)44(32(10)58-39)62-46(48)54)23-47(55,63-34)31(9)42(52)30(8)43-35(56-12)18-15-17-24(2)19-26(4)40(50)29(7)41(51)27(5)20-25(3)21-37(57-13)45(53)61-43/h14-18,20-21,26-32,34-36,38-44,50-52,55H,19,22-23H2,1-13H3,(H2,48,54)/b16-14+,18-15+,24-17+,25-20+,37-21-/t26-,27-,28-,29+,30+,31+,32+,34-,35+,36+,38-,39-,40+,41-,42-,43-,44+,47-/m1/s1. The van der Waals surface area contributed by atoms with Gasteiger partial charge in [0.2, 0.25) is 5.76 Å². The molecule has 3 heterocycles. The maximum Gasteiger partial charge on any atom is 0.404 e. The van der Waals surface area contributed by atoms with Crippen molar-refractivity contribution in [3.05, 3.63) is 59.4 Å². The van der Waals surface area contributed by atoms with Gasteiger partial charge in [-0.2, -0.15) is 0 Å². The number of aliphatic hydroxyl groups is 4. The Hall–Kier alpha value is -3.61. The number of carbonyl (C=O) groups is 3. The lowest BCUT2D eigenvalue weighted by atomic mass is 9.77. The summed E-state index contributed by atoms with van der Waals surface area (Å²) in [6.07, 6.45) is 1.47. The van der Waals surface area contributed by atoms with Gasteiger partial charge in [0.15, 0.2) is 18.2 Å². The topological polar surface area (TPSA) is 232 Å². The molecule has 3 rings (SSSR count). The van der Waals surface area contributed by atoms with E-state index >= 15 is 0 Å². The monoisotopic (exact) mass is 894 g/mol. The number of cyclic esters (lactones) is 1. The van der Waals surface area contributed by atoms with Crippen LogP contribution >= 0.6 is 0 Å². The normalized spacial score (nSPS) is 41.1. The molecule has 0 aliphatic carbocycles. The number of rotatable bonds is 11. The van der Waals surface area contributed by atoms with Crippen LogP contribution in [0, 0.1) is 35.5 Å². The number of primary amides is 1. The molecule has 3 aliphatic rings. The van der Waals surface area contributed by atoms with Crippen molar-refractivity contribution in [2.45, 2.75) is 169 Å². The highest BCUT2D eigenvalue weighted by atomic mass is 16.7. The summed E-state index contributed by atoms with van der Waals surface area (Å²) in [6, 6.07) is 0. The second kappa shape index (κ2) is 24.1. The lowest BCUT2D eigenvalue weighted by Crippen LogP contribution is -2.59. The quantitative estimate of drug-likeness (QED) is 0.102. The Labute approximate surface area is 373 Å². The van der Waals surface area contributed by atoms with E-state index in [1.807, 2.05) is 47.6 Å². The zero-order valence-electron chi connectivity index (χ0n) is 39.3. The molecule has 1 amide bonds. The Balaban J connectivity index is 2.01. The molecule has 2 saturated heterocycles. The molecule has 6 N–H and O–H groups in total. The van der Waals surface area contributed by atoms with Crippen LogP contribution in [0.5, 0.6) is 0 Å². The molecule has 3 aliphatic heterocycles. The molecular weight excluding hydrogens is 819 g/mol. The lowest BCUT2D eigenvalue weighted by molar-refractivity contribution is -0.339. The van der Waals surface area contributed by atoms with Gasteiger partial charge in [-0.25, -0.2) is 9.59 Å². The van der Waals surface area contributed by atoms with E-state index in [9.17, 15) is 34.8 Å². The number of hydrogen-bond donors (Lipinski definition) is 5. The average Bonchev–Trinajstić information content (AvgIpc) is 3.21. The van der Waals surface area contributed by atoms with Crippen molar-refractivity contribution in [1.29, 1.82) is 0 Å². The Morgan fingerprint density at radius 2 is 1.68 bits per heavy atom. The summed E-state index contributed by atoms with van der Waals surface area (Å²) >= 11 is 0. The van der Waals surface area contributed by atoms with Crippen molar-refractivity contribution in [2.75, 3.05) is 14.2 Å². The van der Waals surface area contributed by atoms with Gasteiger partial charge in [-0.05, 0) is 46.1 Å². The van der Waals surface area contributed by atoms with Crippen molar-refractivity contribution < 1.29 is 72.7 Å². The number of allylic oxidation sites excluding steroid dienone is 6. The fourth-order valence-corrected chi connectivity index (χ4v) is 8.95. The number of amides is 1. The lowest BCUT2D eigenvalue weighted by Gasteiger charge is -2.50. The van der Waals surface area contributed by atoms with Crippen molar-refractivity contribution >= 4 is 18.0 Å². The Kier molecular flexibility index (Phi) is 20.5. The van der Waals surface area contributed by atoms with E-state index < -0.39 is 109 Å². The predicted molar refractivity (Wildman–Crippen MR) is 233 cm³/mol. The minimum atomic E-state index is -2.00. The fraction of sp³-hybridized carbons (Fsp3) is 0.723. The number of hydrogen-bond acceptors (Lipinski definition) is 15. The molecule has 0 aromatic carbocycles. The minimum Gasteiger partial charge on any atom is -0.490 e. The van der Waals surface area contributed by atoms with Gasteiger partial charge in [0.05, 0.1) is 43.7 Å². The summed E-state index contributed by atoms with van der Waals surface area (Å²) in [5.74, 6) is -6.81. The van der Waals surface area contributed by atoms with E-state index in [4.69, 9.17) is 43.6 Å². The summed E-state index contributed by atoms with van der Waals surface area (Å²) in [5, 5.41) is 47.0. The molecule has 0 radical (unpaired) electrons. The first-order valence-electron chi connectivity index (χ1n) is 22.0. The number of aliphatic hydroxyl groups excluding tert-OH is 3. The van der Waals surface area contributed by atoms with E-state index in [1.165, 1.54) is 27.2 Å². The predicted octanol–water partition coefficient (Wildman–Crippen LogP) is 5.16. The van der Waals surface area contributed by atoms with Crippen LogP contribution in [0.1, 0.15) is 95.4 Å². The molecule has 0 unspecified atom stereocenters. The van der Waals surface area contributed by atoms with Crippen LogP contribution in [0.25, 0.3) is 0 Å². The van der Waals surface area contributed by atoms with Gasteiger partial charge in [-0.3, -0.25) is 4.79 Å². The summed E-state index contributed by atoms with van der Waals surface area (Å²) in [7, 11) is 2.79. The first kappa shape index (κ1) is 53.7. The van der Waals surface area contributed by atoms with Crippen molar-refractivity contribution in [2.24, 2.45) is 41.2 Å². The van der Waals surface area contributed by atoms with Crippen molar-refractivity contribution in [3.8, 4) is 0 Å². The number of nitrogens with two attached hydrogens (primary N) is 1. The molecule has 358 valence electrons. The molecule has 18 atom stereocenters. The van der Waals surface area contributed by atoms with Gasteiger partial charge < -0.3 is 64.1 Å². The van der Waals surface area contributed by atoms with Crippen LogP contribution in [-0.4, -0.2) is 126 Å². The molecule has 0 aromatic rings. The molecule has 16 nitrogen and oxygen atoms in total. The van der Waals surface area contributed by atoms with Crippen molar-refractivity contribution in [3.63, 3.8) is 0 Å². The van der Waals surface area contributed by atoms with Gasteiger partial charge in [0.1, 0.15) is 18.3 Å². The Morgan fingerprint density at radius 3 is 2.27 bits per heavy atom. The third kappa shape index (κ3) is 14.4. The van der Waals surface area contributed by atoms with E-state index in [0.717, 1.165) is 5.57 Å². The second-order valence-corrected chi connectivity index (χ2v) is 17.9.